The first-order chi connectivity index (χ1) is 9.96. The first kappa shape index (κ1) is 18.9. The van der Waals surface area contributed by atoms with Gasteiger partial charge in [0.05, 0.1) is 16.9 Å². The molecule has 1 fully saturated rings. The number of nitrogens with one attached hydrogen (secondary N) is 1. The zero-order valence-electron chi connectivity index (χ0n) is 12.0. The molecule has 0 spiro atoms. The molecule has 1 aliphatic carbocycles. The fourth-order valence-corrected chi connectivity index (χ4v) is 3.24. The van der Waals surface area contributed by atoms with Crippen molar-refractivity contribution in [1.29, 1.82) is 0 Å². The Balaban J connectivity index is 0.00000242. The molecule has 0 bridgehead atoms. The molecule has 0 aromatic heterocycles. The normalized spacial score (nSPS) is 15.9. The van der Waals surface area contributed by atoms with Gasteiger partial charge in [0.2, 0.25) is 5.91 Å². The maximum absolute atomic E-state index is 12.2. The molecule has 3 N–H and O–H groups in total. The third kappa shape index (κ3) is 4.41. The van der Waals surface area contributed by atoms with Crippen molar-refractivity contribution in [3.8, 4) is 0 Å². The largest absolute Gasteiger partial charge is 0.349 e. The number of carbonyl (C=O) groups is 1. The molecular formula is C14H19BrClN3O3. The number of nitrogens with two attached hydrogens (primary N) is 1. The van der Waals surface area contributed by atoms with Gasteiger partial charge in [0.25, 0.3) is 5.69 Å². The Morgan fingerprint density at radius 1 is 1.41 bits per heavy atom. The van der Waals surface area contributed by atoms with Crippen LogP contribution in [0.15, 0.2) is 22.7 Å². The first-order valence-corrected chi connectivity index (χ1v) is 7.69. The first-order valence-electron chi connectivity index (χ1n) is 6.90. The molecule has 6 nitrogen and oxygen atoms in total. The van der Waals surface area contributed by atoms with Crippen LogP contribution in [0, 0.1) is 10.1 Å². The summed E-state index contributed by atoms with van der Waals surface area (Å²) in [5.41, 5.74) is 6.25. The fraction of sp³-hybridized carbons (Fsp3) is 0.500. The van der Waals surface area contributed by atoms with Gasteiger partial charge in [0.1, 0.15) is 0 Å². The van der Waals surface area contributed by atoms with E-state index in [0.717, 1.165) is 31.2 Å². The van der Waals surface area contributed by atoms with Crippen molar-refractivity contribution in [3.63, 3.8) is 0 Å². The predicted octanol–water partition coefficient (Wildman–Crippen LogP) is 2.71. The number of hydrogen-bond acceptors (Lipinski definition) is 4. The van der Waals surface area contributed by atoms with Crippen LogP contribution in [0.25, 0.3) is 0 Å². The highest BCUT2D eigenvalue weighted by atomic mass is 79.9. The minimum absolute atomic E-state index is 0. The molecular weight excluding hydrogens is 374 g/mol. The Hall–Kier alpha value is -1.18. The second kappa shape index (κ2) is 7.89. The molecule has 0 atom stereocenters. The van der Waals surface area contributed by atoms with Crippen LogP contribution in [0.1, 0.15) is 31.2 Å². The Bertz CT molecular complexity index is 562. The lowest BCUT2D eigenvalue weighted by Crippen LogP contribution is -2.52. The smallest absolute Gasteiger partial charge is 0.270 e. The Labute approximate surface area is 143 Å². The Morgan fingerprint density at radius 2 is 2.05 bits per heavy atom. The van der Waals surface area contributed by atoms with Crippen molar-refractivity contribution in [1.82, 2.24) is 5.32 Å². The minimum Gasteiger partial charge on any atom is -0.349 e. The van der Waals surface area contributed by atoms with Crippen LogP contribution in [-0.2, 0) is 11.2 Å². The summed E-state index contributed by atoms with van der Waals surface area (Å²) in [5, 5.41) is 13.7. The standard InChI is InChI=1S/C14H18BrN3O3.ClH/c15-12-8-11(18(20)21)4-3-10(12)7-13(19)17-14(9-16)5-1-2-6-14;/h3-4,8H,1-2,5-7,9,16H2,(H,17,19);1H. The van der Waals surface area contributed by atoms with Crippen LogP contribution < -0.4 is 11.1 Å². The van der Waals surface area contributed by atoms with Crippen molar-refractivity contribution < 1.29 is 9.72 Å². The number of halogens is 2. The van der Waals surface area contributed by atoms with Crippen LogP contribution in [0.5, 0.6) is 0 Å². The lowest BCUT2D eigenvalue weighted by atomic mass is 9.97. The summed E-state index contributed by atoms with van der Waals surface area (Å²) in [6.45, 7) is 0.445. The van der Waals surface area contributed by atoms with Gasteiger partial charge in [-0.1, -0.05) is 34.8 Å². The van der Waals surface area contributed by atoms with E-state index in [1.54, 1.807) is 6.07 Å². The number of rotatable bonds is 5. The maximum Gasteiger partial charge on any atom is 0.270 e. The third-order valence-electron chi connectivity index (χ3n) is 3.95. The van der Waals surface area contributed by atoms with Crippen molar-refractivity contribution in [2.24, 2.45) is 5.73 Å². The number of non-ortho nitro benzene ring substituents is 1. The number of carbonyl (C=O) groups excluding carboxylic acids is 1. The van der Waals surface area contributed by atoms with Crippen molar-refractivity contribution >= 4 is 39.9 Å². The molecule has 22 heavy (non-hydrogen) atoms. The van der Waals surface area contributed by atoms with E-state index in [1.165, 1.54) is 12.1 Å². The molecule has 122 valence electrons. The molecule has 1 saturated carbocycles. The van der Waals surface area contributed by atoms with Crippen LogP contribution in [-0.4, -0.2) is 22.9 Å². The van der Waals surface area contributed by atoms with E-state index >= 15 is 0 Å². The van der Waals surface area contributed by atoms with Crippen LogP contribution in [0.2, 0.25) is 0 Å². The summed E-state index contributed by atoms with van der Waals surface area (Å²) >= 11 is 3.28. The van der Waals surface area contributed by atoms with E-state index in [0.29, 0.717) is 11.0 Å². The monoisotopic (exact) mass is 391 g/mol. The van der Waals surface area contributed by atoms with Gasteiger partial charge in [0, 0.05) is 23.2 Å². The van der Waals surface area contributed by atoms with Crippen LogP contribution in [0.3, 0.4) is 0 Å². The zero-order chi connectivity index (χ0) is 15.5. The van der Waals surface area contributed by atoms with Gasteiger partial charge in [-0.3, -0.25) is 14.9 Å². The van der Waals surface area contributed by atoms with Gasteiger partial charge < -0.3 is 11.1 Å². The number of nitrogens with zero attached hydrogens (tertiary/aromatic N) is 1. The molecule has 0 aliphatic heterocycles. The maximum atomic E-state index is 12.2. The SMILES string of the molecule is Cl.NCC1(NC(=O)Cc2ccc([N+](=O)[O-])cc2Br)CCCC1. The average molecular weight is 393 g/mol. The Kier molecular flexibility index (Phi) is 6.77. The number of amides is 1. The van der Waals surface area contributed by atoms with Crippen LogP contribution in [0.4, 0.5) is 5.69 Å². The molecule has 2 rings (SSSR count). The molecule has 0 unspecified atom stereocenters. The second-order valence-electron chi connectivity index (χ2n) is 5.45. The van der Waals surface area contributed by atoms with Gasteiger partial charge in [-0.05, 0) is 18.4 Å². The van der Waals surface area contributed by atoms with E-state index in [1.807, 2.05) is 0 Å². The van der Waals surface area contributed by atoms with Gasteiger partial charge in [-0.15, -0.1) is 12.4 Å². The van der Waals surface area contributed by atoms with E-state index in [-0.39, 0.29) is 36.0 Å². The predicted molar refractivity (Wildman–Crippen MR) is 90.1 cm³/mol. The van der Waals surface area contributed by atoms with Gasteiger partial charge in [-0.25, -0.2) is 0 Å². The lowest BCUT2D eigenvalue weighted by Gasteiger charge is -2.28. The van der Waals surface area contributed by atoms with E-state index < -0.39 is 4.92 Å². The molecule has 0 saturated heterocycles. The van der Waals surface area contributed by atoms with Gasteiger partial charge >= 0.3 is 0 Å². The average Bonchev–Trinajstić information content (AvgIpc) is 2.90. The van der Waals surface area contributed by atoms with Crippen molar-refractivity contribution in [3.05, 3.63) is 38.3 Å². The second-order valence-corrected chi connectivity index (χ2v) is 6.30. The van der Waals surface area contributed by atoms with E-state index in [2.05, 4.69) is 21.2 Å². The fourth-order valence-electron chi connectivity index (χ4n) is 2.74. The van der Waals surface area contributed by atoms with E-state index in [9.17, 15) is 14.9 Å². The quantitative estimate of drug-likeness (QED) is 0.594. The minimum atomic E-state index is -0.462. The third-order valence-corrected chi connectivity index (χ3v) is 4.69. The van der Waals surface area contributed by atoms with E-state index in [4.69, 9.17) is 5.73 Å². The summed E-state index contributed by atoms with van der Waals surface area (Å²) in [6, 6.07) is 4.42. The highest BCUT2D eigenvalue weighted by Crippen LogP contribution is 2.29. The van der Waals surface area contributed by atoms with Gasteiger partial charge in [0.15, 0.2) is 0 Å². The Morgan fingerprint density at radius 3 is 2.55 bits per heavy atom. The molecule has 0 radical (unpaired) electrons. The lowest BCUT2D eigenvalue weighted by molar-refractivity contribution is -0.384. The number of hydrogen-bond donors (Lipinski definition) is 2. The molecule has 1 aromatic rings. The number of benzene rings is 1. The molecule has 0 heterocycles. The summed E-state index contributed by atoms with van der Waals surface area (Å²) in [6.07, 6.45) is 4.17. The molecule has 1 aliphatic rings. The molecule has 1 aromatic carbocycles. The number of nitro groups is 1. The zero-order valence-corrected chi connectivity index (χ0v) is 14.4. The topological polar surface area (TPSA) is 98.3 Å². The summed E-state index contributed by atoms with van der Waals surface area (Å²) < 4.78 is 0.570. The summed E-state index contributed by atoms with van der Waals surface area (Å²) in [7, 11) is 0. The van der Waals surface area contributed by atoms with Gasteiger partial charge in [-0.2, -0.15) is 0 Å². The molecule has 1 amide bonds. The summed E-state index contributed by atoms with van der Waals surface area (Å²) in [4.78, 5) is 22.4. The molecule has 8 heteroatoms. The van der Waals surface area contributed by atoms with Crippen molar-refractivity contribution in [2.75, 3.05) is 6.54 Å². The van der Waals surface area contributed by atoms with Crippen molar-refractivity contribution in [2.45, 2.75) is 37.6 Å². The highest BCUT2D eigenvalue weighted by Gasteiger charge is 2.33. The highest BCUT2D eigenvalue weighted by molar-refractivity contribution is 9.10. The van der Waals surface area contributed by atoms with Crippen LogP contribution >= 0.6 is 28.3 Å². The number of nitro benzene ring substituents is 1. The summed E-state index contributed by atoms with van der Waals surface area (Å²) in [5.74, 6) is -0.100.